The van der Waals surface area contributed by atoms with Gasteiger partial charge in [0, 0.05) is 28.8 Å². The number of methoxy groups -OCH3 is 2. The summed E-state index contributed by atoms with van der Waals surface area (Å²) in [6.45, 7) is 0. The van der Waals surface area contributed by atoms with Gasteiger partial charge in [0.2, 0.25) is 6.10 Å². The molecule has 0 saturated carbocycles. The number of carbonyl (C=O) groups excluding carboxylic acids is 1. The number of ether oxygens (including phenoxy) is 2. The van der Waals surface area contributed by atoms with Gasteiger partial charge >= 0.3 is 0 Å². The zero-order chi connectivity index (χ0) is 18.7. The highest BCUT2D eigenvalue weighted by Crippen LogP contribution is 2.34. The Labute approximate surface area is 160 Å². The molecule has 136 valence electrons. The molecule has 0 aliphatic carbocycles. The van der Waals surface area contributed by atoms with Gasteiger partial charge in [0.05, 0.1) is 25.0 Å². The molecule has 0 spiro atoms. The molecule has 8 heteroatoms. The molecule has 1 N–H and O–H groups in total. The van der Waals surface area contributed by atoms with Gasteiger partial charge in [-0.1, -0.05) is 28.4 Å². The third-order valence-corrected chi connectivity index (χ3v) is 4.41. The minimum Gasteiger partial charge on any atom is -0.496 e. The van der Waals surface area contributed by atoms with E-state index in [1.54, 1.807) is 36.4 Å². The number of nitrogens with one attached hydrogen (secondary N) is 1. The number of hydrogen-bond donors (Lipinski definition) is 1. The van der Waals surface area contributed by atoms with Gasteiger partial charge in [-0.25, -0.2) is 0 Å². The average Bonchev–Trinajstić information content (AvgIpc) is 3.13. The fourth-order valence-electron chi connectivity index (χ4n) is 2.52. The van der Waals surface area contributed by atoms with Gasteiger partial charge in [-0.3, -0.25) is 4.79 Å². The van der Waals surface area contributed by atoms with Crippen molar-refractivity contribution >= 4 is 40.5 Å². The molecule has 0 radical (unpaired) electrons. The Morgan fingerprint density at radius 2 is 1.85 bits per heavy atom. The summed E-state index contributed by atoms with van der Waals surface area (Å²) in [5.74, 6) is 0.723. The van der Waals surface area contributed by atoms with E-state index in [4.69, 9.17) is 37.5 Å². The first-order chi connectivity index (χ1) is 12.5. The first kappa shape index (κ1) is 18.4. The molecule has 1 atom stereocenters. The number of rotatable bonds is 5. The van der Waals surface area contributed by atoms with E-state index in [-0.39, 0.29) is 5.91 Å². The van der Waals surface area contributed by atoms with Gasteiger partial charge in [-0.15, -0.1) is 0 Å². The third kappa shape index (κ3) is 3.86. The molecule has 2 aromatic rings. The summed E-state index contributed by atoms with van der Waals surface area (Å²) in [4.78, 5) is 17.7. The van der Waals surface area contributed by atoms with Crippen molar-refractivity contribution in [3.63, 3.8) is 0 Å². The summed E-state index contributed by atoms with van der Waals surface area (Å²) in [5, 5.41) is 7.80. The molecular formula is C18H16Cl2N2O4. The van der Waals surface area contributed by atoms with Gasteiger partial charge in [0.25, 0.3) is 5.91 Å². The molecule has 1 aliphatic heterocycles. The van der Waals surface area contributed by atoms with Crippen LogP contribution in [-0.2, 0) is 9.63 Å². The number of hydrogen-bond acceptors (Lipinski definition) is 5. The number of carbonyl (C=O) groups is 1. The lowest BCUT2D eigenvalue weighted by atomic mass is 10.0. The van der Waals surface area contributed by atoms with Crippen LogP contribution in [0.2, 0.25) is 10.0 Å². The summed E-state index contributed by atoms with van der Waals surface area (Å²) >= 11 is 12.0. The van der Waals surface area contributed by atoms with Crippen LogP contribution in [0.3, 0.4) is 0 Å². The number of oxime groups is 1. The van der Waals surface area contributed by atoms with Crippen molar-refractivity contribution < 1.29 is 19.1 Å². The smallest absolute Gasteiger partial charge is 0.268 e. The number of halogens is 2. The van der Waals surface area contributed by atoms with Gasteiger partial charge in [-0.05, 0) is 30.3 Å². The fourth-order valence-corrected chi connectivity index (χ4v) is 2.89. The van der Waals surface area contributed by atoms with E-state index in [0.717, 1.165) is 0 Å². The van der Waals surface area contributed by atoms with Crippen LogP contribution < -0.4 is 14.8 Å². The maximum absolute atomic E-state index is 12.4. The number of benzene rings is 2. The van der Waals surface area contributed by atoms with E-state index in [0.29, 0.717) is 44.9 Å². The van der Waals surface area contributed by atoms with Crippen molar-refractivity contribution in [3.05, 3.63) is 52.0 Å². The van der Waals surface area contributed by atoms with Crippen molar-refractivity contribution in [2.45, 2.75) is 12.5 Å². The lowest BCUT2D eigenvalue weighted by Gasteiger charge is -2.12. The fraction of sp³-hybridized carbons (Fsp3) is 0.222. The highest BCUT2D eigenvalue weighted by atomic mass is 35.5. The first-order valence-corrected chi connectivity index (χ1v) is 8.48. The summed E-state index contributed by atoms with van der Waals surface area (Å²) < 4.78 is 10.6. The molecule has 0 bridgehead atoms. The minimum atomic E-state index is -0.744. The summed E-state index contributed by atoms with van der Waals surface area (Å²) in [6, 6.07) is 10.2. The highest BCUT2D eigenvalue weighted by molar-refractivity contribution is 6.32. The Kier molecular flexibility index (Phi) is 5.54. The van der Waals surface area contributed by atoms with Gasteiger partial charge in [-0.2, -0.15) is 0 Å². The van der Waals surface area contributed by atoms with E-state index in [1.165, 1.54) is 14.2 Å². The number of amides is 1. The molecule has 0 fully saturated rings. The molecule has 0 saturated heterocycles. The van der Waals surface area contributed by atoms with E-state index in [9.17, 15) is 4.79 Å². The van der Waals surface area contributed by atoms with E-state index in [1.807, 2.05) is 0 Å². The summed E-state index contributed by atoms with van der Waals surface area (Å²) in [7, 11) is 3.06. The van der Waals surface area contributed by atoms with Crippen LogP contribution in [0.1, 0.15) is 12.0 Å². The Morgan fingerprint density at radius 3 is 2.50 bits per heavy atom. The van der Waals surface area contributed by atoms with Crippen molar-refractivity contribution in [3.8, 4) is 11.5 Å². The Morgan fingerprint density at radius 1 is 1.15 bits per heavy atom. The quantitative estimate of drug-likeness (QED) is 0.826. The molecule has 1 aliphatic rings. The third-order valence-electron chi connectivity index (χ3n) is 3.86. The zero-order valence-corrected chi connectivity index (χ0v) is 15.6. The molecule has 1 heterocycles. The van der Waals surface area contributed by atoms with Crippen LogP contribution in [0.25, 0.3) is 0 Å². The molecule has 26 heavy (non-hydrogen) atoms. The lowest BCUT2D eigenvalue weighted by molar-refractivity contribution is -0.125. The van der Waals surface area contributed by atoms with Crippen LogP contribution >= 0.6 is 23.2 Å². The maximum atomic E-state index is 12.4. The van der Waals surface area contributed by atoms with E-state index < -0.39 is 6.10 Å². The standard InChI is InChI=1S/C18H16Cl2N2O4/c1-24-15-9-16(25-2)13(20)7-12(15)14-8-17(26-22-14)18(23)21-11-5-3-10(19)4-6-11/h3-7,9,17H,8H2,1-2H3,(H,21,23)/t17-/m0/s1. The van der Waals surface area contributed by atoms with Crippen LogP contribution in [0.15, 0.2) is 41.6 Å². The second-order valence-electron chi connectivity index (χ2n) is 5.52. The second-order valence-corrected chi connectivity index (χ2v) is 6.36. The lowest BCUT2D eigenvalue weighted by Crippen LogP contribution is -2.28. The minimum absolute atomic E-state index is 0.290. The molecule has 3 rings (SSSR count). The van der Waals surface area contributed by atoms with Crippen LogP contribution in [0.4, 0.5) is 5.69 Å². The average molecular weight is 395 g/mol. The van der Waals surface area contributed by atoms with Crippen molar-refractivity contribution in [1.82, 2.24) is 0 Å². The molecule has 6 nitrogen and oxygen atoms in total. The highest BCUT2D eigenvalue weighted by Gasteiger charge is 2.30. The van der Waals surface area contributed by atoms with E-state index >= 15 is 0 Å². The van der Waals surface area contributed by atoms with Crippen LogP contribution in [0.5, 0.6) is 11.5 Å². The van der Waals surface area contributed by atoms with E-state index in [2.05, 4.69) is 10.5 Å². The van der Waals surface area contributed by atoms with Crippen molar-refractivity contribution in [1.29, 1.82) is 0 Å². The predicted octanol–water partition coefficient (Wildman–Crippen LogP) is 4.14. The molecule has 0 unspecified atom stereocenters. The van der Waals surface area contributed by atoms with Crippen LogP contribution in [-0.4, -0.2) is 31.9 Å². The largest absolute Gasteiger partial charge is 0.496 e. The topological polar surface area (TPSA) is 69.1 Å². The SMILES string of the molecule is COc1cc(OC)c(C2=NO[C@H](C(=O)Nc3ccc(Cl)cc3)C2)cc1Cl. The van der Waals surface area contributed by atoms with Crippen LogP contribution in [0, 0.1) is 0 Å². The molecule has 2 aromatic carbocycles. The second kappa shape index (κ2) is 7.85. The monoisotopic (exact) mass is 394 g/mol. The number of nitrogens with zero attached hydrogens (tertiary/aromatic N) is 1. The normalized spacial score (nSPS) is 15.8. The van der Waals surface area contributed by atoms with Gasteiger partial charge in [0.1, 0.15) is 11.5 Å². The summed E-state index contributed by atoms with van der Waals surface area (Å²) in [5.41, 5.74) is 1.85. The first-order valence-electron chi connectivity index (χ1n) is 7.73. The Balaban J connectivity index is 1.72. The van der Waals surface area contributed by atoms with Crippen molar-refractivity contribution in [2.24, 2.45) is 5.16 Å². The maximum Gasteiger partial charge on any atom is 0.268 e. The summed E-state index contributed by atoms with van der Waals surface area (Å²) in [6.07, 6.45) is -0.454. The Bertz CT molecular complexity index is 853. The predicted molar refractivity (Wildman–Crippen MR) is 101 cm³/mol. The molecule has 1 amide bonds. The number of anilines is 1. The molecular weight excluding hydrogens is 379 g/mol. The van der Waals surface area contributed by atoms with Gasteiger partial charge in [0.15, 0.2) is 0 Å². The zero-order valence-electron chi connectivity index (χ0n) is 14.1. The van der Waals surface area contributed by atoms with Gasteiger partial charge < -0.3 is 19.6 Å². The molecule has 0 aromatic heterocycles. The van der Waals surface area contributed by atoms with Crippen molar-refractivity contribution in [2.75, 3.05) is 19.5 Å². The Hall–Kier alpha value is -2.44.